The molecule has 0 saturated heterocycles. The summed E-state index contributed by atoms with van der Waals surface area (Å²) in [5, 5.41) is 8.96. The van der Waals surface area contributed by atoms with E-state index in [2.05, 4.69) is 4.74 Å². The maximum Gasteiger partial charge on any atom is 0.337 e. The molecule has 1 aromatic rings. The second-order valence-corrected chi connectivity index (χ2v) is 5.65. The number of rotatable bonds is 5. The number of carbonyl (C=O) groups excluding carboxylic acids is 1. The van der Waals surface area contributed by atoms with E-state index in [4.69, 9.17) is 5.11 Å². The minimum absolute atomic E-state index is 0.348. The molecule has 104 valence electrons. The van der Waals surface area contributed by atoms with Crippen molar-refractivity contribution >= 4 is 22.0 Å². The van der Waals surface area contributed by atoms with Gasteiger partial charge in [0.2, 0.25) is 10.0 Å². The molecule has 0 atom stereocenters. The smallest absolute Gasteiger partial charge is 0.337 e. The molecule has 7 nitrogen and oxygen atoms in total. The van der Waals surface area contributed by atoms with Crippen molar-refractivity contribution in [1.82, 2.24) is 4.31 Å². The van der Waals surface area contributed by atoms with Crippen molar-refractivity contribution in [3.8, 4) is 0 Å². The number of hydrogen-bond donors (Lipinski definition) is 1. The van der Waals surface area contributed by atoms with E-state index >= 15 is 0 Å². The van der Waals surface area contributed by atoms with Crippen LogP contribution >= 0.6 is 0 Å². The lowest BCUT2D eigenvalue weighted by Crippen LogP contribution is -2.33. The van der Waals surface area contributed by atoms with E-state index < -0.39 is 28.5 Å². The molecule has 0 aliphatic rings. The summed E-state index contributed by atoms with van der Waals surface area (Å²) >= 11 is 0. The van der Waals surface area contributed by atoms with Crippen LogP contribution in [0.4, 0.5) is 0 Å². The fraction of sp³-hybridized carbons (Fsp3) is 0.273. The molecule has 1 aromatic carbocycles. The first-order valence-electron chi connectivity index (χ1n) is 5.16. The van der Waals surface area contributed by atoms with Gasteiger partial charge < -0.3 is 9.84 Å². The highest BCUT2D eigenvalue weighted by Gasteiger charge is 2.27. The molecule has 0 amide bonds. The molecule has 0 aromatic heterocycles. The summed E-state index contributed by atoms with van der Waals surface area (Å²) in [5.74, 6) is -2.09. The van der Waals surface area contributed by atoms with Crippen molar-refractivity contribution in [3.63, 3.8) is 0 Å². The van der Waals surface area contributed by atoms with Gasteiger partial charge in [-0.3, -0.25) is 4.79 Å². The molecule has 1 rings (SSSR count). The topological polar surface area (TPSA) is 101 Å². The lowest BCUT2D eigenvalue weighted by molar-refractivity contribution is -0.140. The predicted molar refractivity (Wildman–Crippen MR) is 65.2 cm³/mol. The van der Waals surface area contributed by atoms with Gasteiger partial charge >= 0.3 is 11.9 Å². The highest BCUT2D eigenvalue weighted by Crippen LogP contribution is 2.19. The van der Waals surface area contributed by atoms with Crippen LogP contribution in [0.15, 0.2) is 29.2 Å². The van der Waals surface area contributed by atoms with Gasteiger partial charge in [0.15, 0.2) is 0 Å². The van der Waals surface area contributed by atoms with Crippen LogP contribution in [-0.2, 0) is 19.6 Å². The number of hydrogen-bond acceptors (Lipinski definition) is 5. The zero-order chi connectivity index (χ0) is 14.6. The summed E-state index contributed by atoms with van der Waals surface area (Å²) in [5.41, 5.74) is -0.348. The lowest BCUT2D eigenvalue weighted by atomic mass is 10.2. The van der Waals surface area contributed by atoms with Crippen LogP contribution < -0.4 is 0 Å². The third-order valence-corrected chi connectivity index (χ3v) is 4.25. The Hall–Kier alpha value is -1.93. The fourth-order valence-electron chi connectivity index (χ4n) is 1.37. The quantitative estimate of drug-likeness (QED) is 0.775. The van der Waals surface area contributed by atoms with Gasteiger partial charge in [-0.2, -0.15) is 4.31 Å². The summed E-state index contributed by atoms with van der Waals surface area (Å²) in [4.78, 5) is 21.7. The Morgan fingerprint density at radius 3 is 2.42 bits per heavy atom. The standard InChI is InChI=1S/C11H13NO6S/c1-12(7-10(13)18-2)19(16,17)9-6-4-3-5-8(9)11(14)15/h3-6H,7H2,1-2H3,(H,14,15). The first-order valence-corrected chi connectivity index (χ1v) is 6.60. The van der Waals surface area contributed by atoms with Crippen LogP contribution in [0.5, 0.6) is 0 Å². The first kappa shape index (κ1) is 15.1. The van der Waals surface area contributed by atoms with Gasteiger partial charge in [0.05, 0.1) is 17.6 Å². The van der Waals surface area contributed by atoms with Crippen LogP contribution in [0.1, 0.15) is 10.4 Å². The average Bonchev–Trinajstić information content (AvgIpc) is 2.38. The fourth-order valence-corrected chi connectivity index (χ4v) is 2.66. The normalized spacial score (nSPS) is 11.3. The number of carboxylic acid groups (broad SMARTS) is 1. The monoisotopic (exact) mass is 287 g/mol. The SMILES string of the molecule is COC(=O)CN(C)S(=O)(=O)c1ccccc1C(=O)O. The van der Waals surface area contributed by atoms with E-state index in [0.29, 0.717) is 0 Å². The van der Waals surface area contributed by atoms with E-state index in [-0.39, 0.29) is 10.5 Å². The Morgan fingerprint density at radius 2 is 1.89 bits per heavy atom. The Balaban J connectivity index is 3.21. The lowest BCUT2D eigenvalue weighted by Gasteiger charge is -2.16. The molecule has 8 heteroatoms. The van der Waals surface area contributed by atoms with Crippen LogP contribution in [0.25, 0.3) is 0 Å². The van der Waals surface area contributed by atoms with Crippen LogP contribution in [0.3, 0.4) is 0 Å². The number of aromatic carboxylic acids is 1. The predicted octanol–water partition coefficient (Wildman–Crippen LogP) is 0.178. The maximum absolute atomic E-state index is 12.2. The van der Waals surface area contributed by atoms with Crippen molar-refractivity contribution < 1.29 is 27.9 Å². The molecule has 0 unspecified atom stereocenters. The first-order chi connectivity index (χ1) is 8.80. The summed E-state index contributed by atoms with van der Waals surface area (Å²) in [6.07, 6.45) is 0. The number of carbonyl (C=O) groups is 2. The molecular weight excluding hydrogens is 274 g/mol. The highest BCUT2D eigenvalue weighted by atomic mass is 32.2. The van der Waals surface area contributed by atoms with Crippen molar-refractivity contribution in [2.24, 2.45) is 0 Å². The molecule has 0 fully saturated rings. The highest BCUT2D eigenvalue weighted by molar-refractivity contribution is 7.89. The molecule has 0 heterocycles. The number of benzene rings is 1. The second kappa shape index (κ2) is 5.81. The van der Waals surface area contributed by atoms with Gasteiger partial charge in [0.25, 0.3) is 0 Å². The number of sulfonamides is 1. The van der Waals surface area contributed by atoms with Crippen LogP contribution in [0, 0.1) is 0 Å². The van der Waals surface area contributed by atoms with Crippen LogP contribution in [-0.4, -0.2) is 50.5 Å². The Morgan fingerprint density at radius 1 is 1.32 bits per heavy atom. The van der Waals surface area contributed by atoms with Crippen molar-refractivity contribution in [3.05, 3.63) is 29.8 Å². The van der Waals surface area contributed by atoms with Gasteiger partial charge in [-0.15, -0.1) is 0 Å². The van der Waals surface area contributed by atoms with E-state index in [0.717, 1.165) is 11.4 Å². The van der Waals surface area contributed by atoms with E-state index in [1.807, 2.05) is 0 Å². The molecule has 19 heavy (non-hydrogen) atoms. The van der Waals surface area contributed by atoms with Crippen molar-refractivity contribution in [2.75, 3.05) is 20.7 Å². The van der Waals surface area contributed by atoms with Gasteiger partial charge in [0.1, 0.15) is 6.54 Å². The third kappa shape index (κ3) is 3.30. The summed E-state index contributed by atoms with van der Waals surface area (Å²) in [7, 11) is -1.76. The van der Waals surface area contributed by atoms with Gasteiger partial charge in [-0.1, -0.05) is 12.1 Å². The zero-order valence-electron chi connectivity index (χ0n) is 10.4. The molecule has 0 aliphatic heterocycles. The number of methoxy groups -OCH3 is 1. The summed E-state index contributed by atoms with van der Waals surface area (Å²) in [6, 6.07) is 5.18. The Kier molecular flexibility index (Phi) is 4.62. The van der Waals surface area contributed by atoms with Crippen molar-refractivity contribution in [1.29, 1.82) is 0 Å². The third-order valence-electron chi connectivity index (χ3n) is 2.39. The largest absolute Gasteiger partial charge is 0.478 e. The number of nitrogens with zero attached hydrogens (tertiary/aromatic N) is 1. The minimum Gasteiger partial charge on any atom is -0.478 e. The number of esters is 1. The molecule has 1 N–H and O–H groups in total. The van der Waals surface area contributed by atoms with Gasteiger partial charge in [-0.05, 0) is 12.1 Å². The Labute approximate surface area is 110 Å². The van der Waals surface area contributed by atoms with E-state index in [9.17, 15) is 18.0 Å². The van der Waals surface area contributed by atoms with E-state index in [1.165, 1.54) is 31.3 Å². The molecule has 0 spiro atoms. The molecule has 0 radical (unpaired) electrons. The summed E-state index contributed by atoms with van der Waals surface area (Å²) in [6.45, 7) is -0.493. The number of ether oxygens (including phenoxy) is 1. The molecule has 0 aliphatic carbocycles. The van der Waals surface area contributed by atoms with Gasteiger partial charge in [-0.25, -0.2) is 13.2 Å². The molecular formula is C11H13NO6S. The van der Waals surface area contributed by atoms with Crippen molar-refractivity contribution in [2.45, 2.75) is 4.90 Å². The zero-order valence-corrected chi connectivity index (χ0v) is 11.2. The second-order valence-electron chi connectivity index (χ2n) is 3.64. The number of carboxylic acids is 1. The maximum atomic E-state index is 12.2. The molecule has 0 saturated carbocycles. The average molecular weight is 287 g/mol. The minimum atomic E-state index is -4.07. The van der Waals surface area contributed by atoms with E-state index in [1.54, 1.807) is 0 Å². The van der Waals surface area contributed by atoms with Gasteiger partial charge in [0, 0.05) is 7.05 Å². The number of likely N-dealkylation sites (N-methyl/N-ethyl adjacent to an activating group) is 1. The summed E-state index contributed by atoms with van der Waals surface area (Å²) < 4.78 is 29.4. The molecule has 0 bridgehead atoms. The van der Waals surface area contributed by atoms with Crippen LogP contribution in [0.2, 0.25) is 0 Å². The Bertz CT molecular complexity index is 595.